The summed E-state index contributed by atoms with van der Waals surface area (Å²) < 4.78 is 13.1. The minimum atomic E-state index is -0.165. The van der Waals surface area contributed by atoms with Crippen LogP contribution in [0.25, 0.3) is 0 Å². The van der Waals surface area contributed by atoms with Gasteiger partial charge >= 0.3 is 0 Å². The topological polar surface area (TPSA) is 15.3 Å². The van der Waals surface area contributed by atoms with Crippen molar-refractivity contribution in [3.05, 3.63) is 24.0 Å². The fourth-order valence-corrected chi connectivity index (χ4v) is 3.12. The number of nitrogens with one attached hydrogen (secondary N) is 1. The highest BCUT2D eigenvalue weighted by Crippen LogP contribution is 2.43. The predicted molar refractivity (Wildman–Crippen MR) is 64.5 cm³/mol. The molecule has 1 aromatic rings. The Hall–Kier alpha value is -1.25. The van der Waals surface area contributed by atoms with Gasteiger partial charge < -0.3 is 10.2 Å². The summed E-state index contributed by atoms with van der Waals surface area (Å²) in [5, 5.41) is 3.38. The van der Waals surface area contributed by atoms with Gasteiger partial charge in [0.15, 0.2) is 0 Å². The van der Waals surface area contributed by atoms with E-state index >= 15 is 0 Å². The van der Waals surface area contributed by atoms with Crippen LogP contribution >= 0.6 is 0 Å². The van der Waals surface area contributed by atoms with E-state index in [0.717, 1.165) is 17.9 Å². The van der Waals surface area contributed by atoms with E-state index in [2.05, 4.69) is 17.3 Å². The van der Waals surface area contributed by atoms with Gasteiger partial charge in [-0.25, -0.2) is 4.39 Å². The van der Waals surface area contributed by atoms with Crippen LogP contribution in [0.4, 0.5) is 15.8 Å². The van der Waals surface area contributed by atoms with Crippen LogP contribution in [0.3, 0.4) is 0 Å². The minimum absolute atomic E-state index is 0.165. The first-order valence-corrected chi connectivity index (χ1v) is 5.99. The molecule has 0 bridgehead atoms. The van der Waals surface area contributed by atoms with Crippen LogP contribution in [0.2, 0.25) is 0 Å². The summed E-state index contributed by atoms with van der Waals surface area (Å²) in [5.41, 5.74) is 2.33. The molecule has 0 radical (unpaired) electrons. The number of anilines is 2. The molecule has 2 nitrogen and oxygen atoms in total. The van der Waals surface area contributed by atoms with Gasteiger partial charge in [0.25, 0.3) is 0 Å². The molecule has 3 heteroatoms. The third-order valence-corrected chi connectivity index (χ3v) is 4.17. The lowest BCUT2D eigenvalue weighted by atomic mass is 9.92. The molecule has 1 N–H and O–H groups in total. The molecule has 1 aliphatic carbocycles. The summed E-state index contributed by atoms with van der Waals surface area (Å²) in [6, 6.07) is 5.02. The molecule has 0 unspecified atom stereocenters. The molecule has 0 atom stereocenters. The minimum Gasteiger partial charge on any atom is -0.381 e. The van der Waals surface area contributed by atoms with Crippen LogP contribution in [0.1, 0.15) is 25.7 Å². The molecule has 1 aliphatic heterocycles. The zero-order chi connectivity index (χ0) is 11.2. The Labute approximate surface area is 95.4 Å². The van der Waals surface area contributed by atoms with E-state index in [1.54, 1.807) is 12.1 Å². The first kappa shape index (κ1) is 9.94. The summed E-state index contributed by atoms with van der Waals surface area (Å²) in [7, 11) is 2.14. The Morgan fingerprint density at radius 3 is 2.81 bits per heavy atom. The maximum absolute atomic E-state index is 13.1. The van der Waals surface area contributed by atoms with E-state index in [4.69, 9.17) is 0 Å². The first-order valence-electron chi connectivity index (χ1n) is 5.99. The van der Waals surface area contributed by atoms with Gasteiger partial charge in [-0.05, 0) is 31.0 Å². The molecule has 16 heavy (non-hydrogen) atoms. The summed E-state index contributed by atoms with van der Waals surface area (Å²) in [4.78, 5) is 2.35. The Morgan fingerprint density at radius 2 is 2.06 bits per heavy atom. The third kappa shape index (κ3) is 1.30. The standard InChI is InChI=1S/C13H17FN2/c1-16-12-5-4-10(14)8-11(12)15-9-13(16)6-2-3-7-13/h4-5,8,15H,2-3,6-7,9H2,1H3. The molecule has 1 aromatic carbocycles. The van der Waals surface area contributed by atoms with E-state index in [0.29, 0.717) is 0 Å². The maximum atomic E-state index is 13.1. The van der Waals surface area contributed by atoms with Gasteiger partial charge in [0.05, 0.1) is 16.9 Å². The van der Waals surface area contributed by atoms with Crippen molar-refractivity contribution in [1.29, 1.82) is 0 Å². The molecule has 2 aliphatic rings. The Bertz CT molecular complexity index is 410. The number of fused-ring (bicyclic) bond motifs is 1. The van der Waals surface area contributed by atoms with Gasteiger partial charge in [0.2, 0.25) is 0 Å². The van der Waals surface area contributed by atoms with E-state index in [1.807, 2.05) is 6.07 Å². The second kappa shape index (κ2) is 3.37. The number of hydrogen-bond donors (Lipinski definition) is 1. The highest BCUT2D eigenvalue weighted by atomic mass is 19.1. The molecule has 86 valence electrons. The van der Waals surface area contributed by atoms with E-state index in [9.17, 15) is 4.39 Å². The van der Waals surface area contributed by atoms with Crippen molar-refractivity contribution in [3.63, 3.8) is 0 Å². The Balaban J connectivity index is 2.01. The quantitative estimate of drug-likeness (QED) is 0.723. The Kier molecular flexibility index (Phi) is 2.09. The molecule has 1 heterocycles. The smallest absolute Gasteiger partial charge is 0.125 e. The fourth-order valence-electron chi connectivity index (χ4n) is 3.12. The van der Waals surface area contributed by atoms with Crippen LogP contribution < -0.4 is 10.2 Å². The highest BCUT2D eigenvalue weighted by Gasteiger charge is 2.40. The second-order valence-electron chi connectivity index (χ2n) is 5.01. The number of benzene rings is 1. The SMILES string of the molecule is CN1c2ccc(F)cc2NCC12CCCC2. The van der Waals surface area contributed by atoms with Crippen LogP contribution in [-0.2, 0) is 0 Å². The first-order chi connectivity index (χ1) is 7.71. The van der Waals surface area contributed by atoms with Gasteiger partial charge in [0.1, 0.15) is 5.82 Å². The fraction of sp³-hybridized carbons (Fsp3) is 0.538. The summed E-state index contributed by atoms with van der Waals surface area (Å²) in [6.45, 7) is 0.944. The second-order valence-corrected chi connectivity index (χ2v) is 5.01. The largest absolute Gasteiger partial charge is 0.381 e. The molecule has 3 rings (SSSR count). The lowest BCUT2D eigenvalue weighted by Gasteiger charge is -2.45. The van der Waals surface area contributed by atoms with Gasteiger partial charge in [0, 0.05) is 13.6 Å². The lowest BCUT2D eigenvalue weighted by Crippen LogP contribution is -2.52. The Morgan fingerprint density at radius 1 is 1.31 bits per heavy atom. The average molecular weight is 220 g/mol. The zero-order valence-electron chi connectivity index (χ0n) is 9.59. The lowest BCUT2D eigenvalue weighted by molar-refractivity contribution is 0.428. The van der Waals surface area contributed by atoms with E-state index < -0.39 is 0 Å². The summed E-state index contributed by atoms with van der Waals surface area (Å²) in [6.07, 6.45) is 5.10. The molecule has 0 amide bonds. The average Bonchev–Trinajstić information content (AvgIpc) is 2.74. The number of rotatable bonds is 0. The maximum Gasteiger partial charge on any atom is 0.125 e. The monoisotopic (exact) mass is 220 g/mol. The molecular formula is C13H17FN2. The van der Waals surface area contributed by atoms with E-state index in [1.165, 1.54) is 25.7 Å². The molecule has 0 saturated heterocycles. The normalized spacial score (nSPS) is 22.0. The molecule has 1 fully saturated rings. The van der Waals surface area contributed by atoms with Crippen molar-refractivity contribution in [2.75, 3.05) is 23.8 Å². The number of halogens is 1. The summed E-state index contributed by atoms with van der Waals surface area (Å²) >= 11 is 0. The van der Waals surface area contributed by atoms with Gasteiger partial charge in [-0.1, -0.05) is 12.8 Å². The van der Waals surface area contributed by atoms with Crippen LogP contribution in [0.15, 0.2) is 18.2 Å². The van der Waals surface area contributed by atoms with Gasteiger partial charge in [-0.15, -0.1) is 0 Å². The third-order valence-electron chi connectivity index (χ3n) is 4.17. The highest BCUT2D eigenvalue weighted by molar-refractivity contribution is 5.73. The number of hydrogen-bond acceptors (Lipinski definition) is 2. The zero-order valence-corrected chi connectivity index (χ0v) is 9.59. The molecule has 1 saturated carbocycles. The molecule has 1 spiro atoms. The summed E-state index contributed by atoms with van der Waals surface area (Å²) in [5.74, 6) is -0.165. The van der Waals surface area contributed by atoms with Crippen molar-refractivity contribution in [1.82, 2.24) is 0 Å². The van der Waals surface area contributed by atoms with Crippen molar-refractivity contribution < 1.29 is 4.39 Å². The van der Waals surface area contributed by atoms with Crippen molar-refractivity contribution in [3.8, 4) is 0 Å². The van der Waals surface area contributed by atoms with Gasteiger partial charge in [-0.2, -0.15) is 0 Å². The number of likely N-dealkylation sites (N-methyl/N-ethyl adjacent to an activating group) is 1. The van der Waals surface area contributed by atoms with Crippen LogP contribution in [-0.4, -0.2) is 19.1 Å². The van der Waals surface area contributed by atoms with Crippen molar-refractivity contribution >= 4 is 11.4 Å². The molecular weight excluding hydrogens is 203 g/mol. The van der Waals surface area contributed by atoms with Crippen LogP contribution in [0, 0.1) is 5.82 Å². The van der Waals surface area contributed by atoms with E-state index in [-0.39, 0.29) is 11.4 Å². The van der Waals surface area contributed by atoms with Crippen LogP contribution in [0.5, 0.6) is 0 Å². The molecule has 0 aromatic heterocycles. The predicted octanol–water partition coefficient (Wildman–Crippen LogP) is 3.00. The number of nitrogens with zero attached hydrogens (tertiary/aromatic N) is 1. The van der Waals surface area contributed by atoms with Crippen molar-refractivity contribution in [2.24, 2.45) is 0 Å². The van der Waals surface area contributed by atoms with Crippen molar-refractivity contribution in [2.45, 2.75) is 31.2 Å². The van der Waals surface area contributed by atoms with Gasteiger partial charge in [-0.3, -0.25) is 0 Å².